The zero-order chi connectivity index (χ0) is 18.0. The average Bonchev–Trinajstić information content (AvgIpc) is 3.26. The van der Waals surface area contributed by atoms with Crippen molar-refractivity contribution in [3.05, 3.63) is 29.8 Å². The molecule has 1 saturated heterocycles. The molecule has 1 heterocycles. The van der Waals surface area contributed by atoms with E-state index in [0.29, 0.717) is 28.7 Å². The Hall–Kier alpha value is -1.37. The van der Waals surface area contributed by atoms with Gasteiger partial charge in [0.05, 0.1) is 12.4 Å². The molecule has 0 amide bonds. The number of ether oxygens (including phenoxy) is 2. The SMILES string of the molecule is O=S(=O)(CCc1ccc(OCC2CO2)cc1)NS(=O)(=O)C(F)(F)F. The predicted molar refractivity (Wildman–Crippen MR) is 77.3 cm³/mol. The molecule has 136 valence electrons. The second kappa shape index (κ2) is 6.86. The third-order valence-electron chi connectivity index (χ3n) is 2.96. The van der Waals surface area contributed by atoms with Crippen LogP contribution in [0.15, 0.2) is 24.3 Å². The molecular formula is C12H14F3NO6S2. The Balaban J connectivity index is 1.89. The molecule has 0 spiro atoms. The van der Waals surface area contributed by atoms with Crippen LogP contribution in [-0.2, 0) is 31.2 Å². The Morgan fingerprint density at radius 2 is 1.75 bits per heavy atom. The molecule has 1 aromatic rings. The highest BCUT2D eigenvalue weighted by Gasteiger charge is 2.48. The molecular weight excluding hydrogens is 375 g/mol. The second-order valence-corrected chi connectivity index (χ2v) is 8.79. The number of halogens is 3. The van der Waals surface area contributed by atoms with Crippen molar-refractivity contribution in [2.45, 2.75) is 18.0 Å². The van der Waals surface area contributed by atoms with Gasteiger partial charge in [-0.25, -0.2) is 16.8 Å². The van der Waals surface area contributed by atoms with Gasteiger partial charge in [0, 0.05) is 0 Å². The molecule has 12 heteroatoms. The van der Waals surface area contributed by atoms with Crippen LogP contribution in [0.1, 0.15) is 5.56 Å². The first-order valence-corrected chi connectivity index (χ1v) is 9.78. The lowest BCUT2D eigenvalue weighted by atomic mass is 10.2. The quantitative estimate of drug-likeness (QED) is 0.659. The minimum absolute atomic E-state index is 0.0801. The highest BCUT2D eigenvalue weighted by atomic mass is 32.3. The van der Waals surface area contributed by atoms with E-state index < -0.39 is 31.3 Å². The molecule has 0 aliphatic carbocycles. The van der Waals surface area contributed by atoms with E-state index >= 15 is 0 Å². The minimum Gasteiger partial charge on any atom is -0.491 e. The first-order valence-electron chi connectivity index (χ1n) is 6.64. The monoisotopic (exact) mass is 389 g/mol. The van der Waals surface area contributed by atoms with E-state index in [4.69, 9.17) is 9.47 Å². The number of epoxide rings is 1. The van der Waals surface area contributed by atoms with Gasteiger partial charge in [-0.1, -0.05) is 12.1 Å². The zero-order valence-electron chi connectivity index (χ0n) is 12.1. The van der Waals surface area contributed by atoms with Crippen LogP contribution in [0.5, 0.6) is 5.75 Å². The second-order valence-electron chi connectivity index (χ2n) is 5.01. The fourth-order valence-electron chi connectivity index (χ4n) is 1.61. The van der Waals surface area contributed by atoms with E-state index in [-0.39, 0.29) is 12.5 Å². The lowest BCUT2D eigenvalue weighted by Crippen LogP contribution is -2.41. The zero-order valence-corrected chi connectivity index (χ0v) is 13.7. The van der Waals surface area contributed by atoms with Crippen molar-refractivity contribution >= 4 is 20.0 Å². The van der Waals surface area contributed by atoms with Crippen LogP contribution in [0.25, 0.3) is 0 Å². The van der Waals surface area contributed by atoms with Gasteiger partial charge in [0.2, 0.25) is 10.0 Å². The summed E-state index contributed by atoms with van der Waals surface area (Å²) in [5.41, 5.74) is -5.19. The van der Waals surface area contributed by atoms with Crippen molar-refractivity contribution in [2.24, 2.45) is 0 Å². The molecule has 1 unspecified atom stereocenters. The van der Waals surface area contributed by atoms with Crippen LogP contribution in [0.4, 0.5) is 13.2 Å². The third kappa shape index (κ3) is 5.61. The molecule has 1 atom stereocenters. The molecule has 1 fully saturated rings. The Bertz CT molecular complexity index is 770. The number of rotatable bonds is 8. The maximum absolute atomic E-state index is 12.2. The number of hydrogen-bond acceptors (Lipinski definition) is 6. The number of alkyl halides is 3. The van der Waals surface area contributed by atoms with Gasteiger partial charge in [0.15, 0.2) is 0 Å². The number of sulfonamides is 2. The molecule has 1 aliphatic heterocycles. The summed E-state index contributed by atoms with van der Waals surface area (Å²) in [6.07, 6.45) is -0.0779. The highest BCUT2D eigenvalue weighted by Crippen LogP contribution is 2.22. The average molecular weight is 389 g/mol. The van der Waals surface area contributed by atoms with Crippen molar-refractivity contribution in [3.8, 4) is 5.75 Å². The van der Waals surface area contributed by atoms with E-state index in [1.54, 1.807) is 12.1 Å². The van der Waals surface area contributed by atoms with E-state index in [2.05, 4.69) is 0 Å². The summed E-state index contributed by atoms with van der Waals surface area (Å²) in [4.78, 5) is 0. The van der Waals surface area contributed by atoms with Gasteiger partial charge in [-0.3, -0.25) is 0 Å². The van der Waals surface area contributed by atoms with Crippen LogP contribution < -0.4 is 8.86 Å². The standard InChI is InChI=1S/C12H14F3NO6S2/c13-12(14,15)24(19,20)16-23(17,18)6-5-9-1-3-10(4-2-9)21-7-11-8-22-11/h1-4,11,16H,5-8H2. The minimum atomic E-state index is -5.95. The maximum atomic E-state index is 12.2. The number of benzene rings is 1. The van der Waals surface area contributed by atoms with Crippen molar-refractivity contribution < 1.29 is 39.5 Å². The Labute approximate surface area is 136 Å². The molecule has 0 radical (unpaired) electrons. The van der Waals surface area contributed by atoms with Gasteiger partial charge >= 0.3 is 15.5 Å². The molecule has 7 nitrogen and oxygen atoms in total. The van der Waals surface area contributed by atoms with Gasteiger partial charge in [-0.2, -0.15) is 13.2 Å². The molecule has 1 aliphatic rings. The molecule has 0 aromatic heterocycles. The van der Waals surface area contributed by atoms with Crippen LogP contribution in [0, 0.1) is 0 Å². The van der Waals surface area contributed by atoms with Gasteiger partial charge in [0.1, 0.15) is 18.5 Å². The van der Waals surface area contributed by atoms with Gasteiger partial charge in [-0.15, -0.1) is 4.13 Å². The highest BCUT2D eigenvalue weighted by molar-refractivity contribution is 8.05. The molecule has 24 heavy (non-hydrogen) atoms. The Morgan fingerprint density at radius 1 is 1.17 bits per heavy atom. The fourth-order valence-corrected chi connectivity index (χ4v) is 4.17. The first kappa shape index (κ1) is 19.0. The van der Waals surface area contributed by atoms with Crippen molar-refractivity contribution in [3.63, 3.8) is 0 Å². The first-order chi connectivity index (χ1) is 11.0. The van der Waals surface area contributed by atoms with Gasteiger partial charge in [0.25, 0.3) is 0 Å². The summed E-state index contributed by atoms with van der Waals surface area (Å²) in [5, 5.41) is 0. The van der Waals surface area contributed by atoms with Crippen LogP contribution in [0.2, 0.25) is 0 Å². The number of hydrogen-bond donors (Lipinski definition) is 1. The lowest BCUT2D eigenvalue weighted by molar-refractivity contribution is -0.0441. The Morgan fingerprint density at radius 3 is 2.25 bits per heavy atom. The summed E-state index contributed by atoms with van der Waals surface area (Å²) in [6, 6.07) is 6.22. The van der Waals surface area contributed by atoms with E-state index in [9.17, 15) is 30.0 Å². The van der Waals surface area contributed by atoms with Crippen molar-refractivity contribution in [2.75, 3.05) is 19.0 Å². The predicted octanol–water partition coefficient (Wildman–Crippen LogP) is 0.776. The van der Waals surface area contributed by atoms with Crippen LogP contribution in [-0.4, -0.2) is 47.4 Å². The largest absolute Gasteiger partial charge is 0.512 e. The fraction of sp³-hybridized carbons (Fsp3) is 0.500. The molecule has 2 rings (SSSR count). The summed E-state index contributed by atoms with van der Waals surface area (Å²) in [6.45, 7) is 1.04. The summed E-state index contributed by atoms with van der Waals surface area (Å²) in [5.74, 6) is -0.270. The summed E-state index contributed by atoms with van der Waals surface area (Å²) in [7, 11) is -10.6. The van der Waals surface area contributed by atoms with E-state index in [0.717, 1.165) is 0 Å². The van der Waals surface area contributed by atoms with Gasteiger partial charge in [-0.05, 0) is 24.1 Å². The van der Waals surface area contributed by atoms with Crippen LogP contribution >= 0.6 is 0 Å². The van der Waals surface area contributed by atoms with Crippen molar-refractivity contribution in [1.29, 1.82) is 0 Å². The molecule has 1 aromatic carbocycles. The molecule has 0 saturated carbocycles. The maximum Gasteiger partial charge on any atom is 0.512 e. The smallest absolute Gasteiger partial charge is 0.491 e. The summed E-state index contributed by atoms with van der Waals surface area (Å²) < 4.78 is 92.1. The molecule has 1 N–H and O–H groups in total. The number of nitrogens with one attached hydrogen (secondary N) is 1. The normalized spacial score (nSPS) is 18.4. The van der Waals surface area contributed by atoms with Crippen molar-refractivity contribution in [1.82, 2.24) is 4.13 Å². The summed E-state index contributed by atoms with van der Waals surface area (Å²) >= 11 is 0. The Kier molecular flexibility index (Phi) is 5.42. The van der Waals surface area contributed by atoms with Crippen LogP contribution in [0.3, 0.4) is 0 Å². The van der Waals surface area contributed by atoms with E-state index in [1.807, 2.05) is 0 Å². The van der Waals surface area contributed by atoms with Gasteiger partial charge < -0.3 is 9.47 Å². The number of aryl methyl sites for hydroxylation is 1. The topological polar surface area (TPSA) is 102 Å². The third-order valence-corrected chi connectivity index (χ3v) is 6.21. The molecule has 0 bridgehead atoms. The van der Waals surface area contributed by atoms with E-state index in [1.165, 1.54) is 12.1 Å². The lowest BCUT2D eigenvalue weighted by Gasteiger charge is -2.10.